The molecule has 1 aromatic rings. The molecule has 0 heterocycles. The van der Waals surface area contributed by atoms with Crippen molar-refractivity contribution in [2.24, 2.45) is 0 Å². The molecule has 0 radical (unpaired) electrons. The van der Waals surface area contributed by atoms with Crippen LogP contribution < -0.4 is 10.1 Å². The Labute approximate surface area is 111 Å². The summed E-state index contributed by atoms with van der Waals surface area (Å²) >= 11 is 3.29. The minimum absolute atomic E-state index is 0.112. The van der Waals surface area contributed by atoms with Gasteiger partial charge in [0.2, 0.25) is 0 Å². The number of rotatable bonds is 5. The lowest BCUT2D eigenvalue weighted by atomic mass is 10.1. The van der Waals surface area contributed by atoms with Gasteiger partial charge in [0.1, 0.15) is 0 Å². The SMILES string of the molecule is CC(C)(C)NCCCOc1cc(Br)ccc1F. The van der Waals surface area contributed by atoms with E-state index in [1.165, 1.54) is 6.07 Å². The zero-order chi connectivity index (χ0) is 12.9. The van der Waals surface area contributed by atoms with E-state index in [2.05, 4.69) is 42.0 Å². The van der Waals surface area contributed by atoms with Crippen molar-refractivity contribution >= 4 is 15.9 Å². The van der Waals surface area contributed by atoms with Crippen LogP contribution in [-0.4, -0.2) is 18.7 Å². The highest BCUT2D eigenvalue weighted by Gasteiger charge is 2.08. The topological polar surface area (TPSA) is 21.3 Å². The molecule has 0 fully saturated rings. The molecule has 0 bridgehead atoms. The maximum absolute atomic E-state index is 13.3. The predicted octanol–water partition coefficient (Wildman–Crippen LogP) is 3.75. The molecule has 0 saturated heterocycles. The van der Waals surface area contributed by atoms with Crippen molar-refractivity contribution in [3.63, 3.8) is 0 Å². The Kier molecular flexibility index (Phi) is 5.40. The van der Waals surface area contributed by atoms with Gasteiger partial charge in [0.05, 0.1) is 6.61 Å². The molecule has 17 heavy (non-hydrogen) atoms. The number of ether oxygens (including phenoxy) is 1. The van der Waals surface area contributed by atoms with Crippen molar-refractivity contribution in [3.05, 3.63) is 28.5 Å². The average Bonchev–Trinajstić information content (AvgIpc) is 2.21. The molecule has 1 N–H and O–H groups in total. The summed E-state index contributed by atoms with van der Waals surface area (Å²) in [5, 5.41) is 3.35. The Morgan fingerprint density at radius 2 is 2.06 bits per heavy atom. The highest BCUT2D eigenvalue weighted by atomic mass is 79.9. The lowest BCUT2D eigenvalue weighted by molar-refractivity contribution is 0.285. The Morgan fingerprint density at radius 1 is 1.35 bits per heavy atom. The number of hydrogen-bond donors (Lipinski definition) is 1. The summed E-state index contributed by atoms with van der Waals surface area (Å²) in [4.78, 5) is 0. The normalized spacial score (nSPS) is 11.6. The minimum atomic E-state index is -0.322. The second-order valence-electron chi connectivity index (χ2n) is 4.95. The van der Waals surface area contributed by atoms with E-state index < -0.39 is 0 Å². The summed E-state index contributed by atoms with van der Waals surface area (Å²) in [5.74, 6) is -0.0212. The van der Waals surface area contributed by atoms with E-state index in [1.54, 1.807) is 12.1 Å². The zero-order valence-electron chi connectivity index (χ0n) is 10.5. The third-order valence-electron chi connectivity index (χ3n) is 2.13. The van der Waals surface area contributed by atoms with Crippen molar-refractivity contribution in [2.75, 3.05) is 13.2 Å². The van der Waals surface area contributed by atoms with Crippen molar-refractivity contribution in [1.29, 1.82) is 0 Å². The predicted molar refractivity (Wildman–Crippen MR) is 72.0 cm³/mol. The van der Waals surface area contributed by atoms with E-state index in [-0.39, 0.29) is 11.4 Å². The largest absolute Gasteiger partial charge is 0.490 e. The van der Waals surface area contributed by atoms with Crippen LogP contribution in [0.4, 0.5) is 4.39 Å². The number of nitrogens with one attached hydrogen (secondary N) is 1. The van der Waals surface area contributed by atoms with Gasteiger partial charge in [0.25, 0.3) is 0 Å². The fraction of sp³-hybridized carbons (Fsp3) is 0.538. The van der Waals surface area contributed by atoms with Crippen LogP contribution in [0, 0.1) is 5.82 Å². The van der Waals surface area contributed by atoms with Crippen LogP contribution in [0.3, 0.4) is 0 Å². The van der Waals surface area contributed by atoms with Crippen LogP contribution in [0.5, 0.6) is 5.75 Å². The molecule has 0 saturated carbocycles. The van der Waals surface area contributed by atoms with Crippen LogP contribution in [0.25, 0.3) is 0 Å². The van der Waals surface area contributed by atoms with Gasteiger partial charge in [-0.25, -0.2) is 4.39 Å². The summed E-state index contributed by atoms with van der Waals surface area (Å²) in [6.45, 7) is 7.71. The second-order valence-corrected chi connectivity index (χ2v) is 5.87. The number of benzene rings is 1. The summed E-state index contributed by atoms with van der Waals surface area (Å²) < 4.78 is 19.5. The van der Waals surface area contributed by atoms with E-state index >= 15 is 0 Å². The van der Waals surface area contributed by atoms with Gasteiger partial charge in [0, 0.05) is 10.0 Å². The van der Waals surface area contributed by atoms with E-state index in [0.29, 0.717) is 12.4 Å². The molecular weight excluding hydrogens is 285 g/mol. The van der Waals surface area contributed by atoms with Gasteiger partial charge < -0.3 is 10.1 Å². The van der Waals surface area contributed by atoms with Gasteiger partial charge in [-0.05, 0) is 51.9 Å². The quantitative estimate of drug-likeness (QED) is 0.837. The van der Waals surface area contributed by atoms with Crippen molar-refractivity contribution in [2.45, 2.75) is 32.7 Å². The van der Waals surface area contributed by atoms with Gasteiger partial charge >= 0.3 is 0 Å². The van der Waals surface area contributed by atoms with Gasteiger partial charge in [0.15, 0.2) is 11.6 Å². The maximum atomic E-state index is 13.3. The molecule has 0 atom stereocenters. The highest BCUT2D eigenvalue weighted by Crippen LogP contribution is 2.22. The summed E-state index contributed by atoms with van der Waals surface area (Å²) in [5.41, 5.74) is 0.112. The van der Waals surface area contributed by atoms with Crippen molar-refractivity contribution < 1.29 is 9.13 Å². The fourth-order valence-corrected chi connectivity index (χ4v) is 1.65. The molecule has 0 aliphatic carbocycles. The Bertz CT molecular complexity index is 363. The molecule has 4 heteroatoms. The van der Waals surface area contributed by atoms with Crippen LogP contribution in [0.2, 0.25) is 0 Å². The number of halogens is 2. The standard InChI is InChI=1S/C13H19BrFNO/c1-13(2,3)16-7-4-8-17-12-9-10(14)5-6-11(12)15/h5-6,9,16H,4,7-8H2,1-3H3. The van der Waals surface area contributed by atoms with Crippen LogP contribution in [0.15, 0.2) is 22.7 Å². The first-order valence-electron chi connectivity index (χ1n) is 5.71. The fourth-order valence-electron chi connectivity index (χ4n) is 1.31. The molecule has 0 aliphatic heterocycles. The monoisotopic (exact) mass is 303 g/mol. The highest BCUT2D eigenvalue weighted by molar-refractivity contribution is 9.10. The van der Waals surface area contributed by atoms with Crippen molar-refractivity contribution in [1.82, 2.24) is 5.32 Å². The average molecular weight is 304 g/mol. The van der Waals surface area contributed by atoms with Crippen molar-refractivity contribution in [3.8, 4) is 5.75 Å². The molecule has 96 valence electrons. The molecule has 0 aromatic heterocycles. The first kappa shape index (κ1) is 14.5. The van der Waals surface area contributed by atoms with Gasteiger partial charge in [-0.1, -0.05) is 15.9 Å². The molecule has 0 spiro atoms. The third-order valence-corrected chi connectivity index (χ3v) is 2.62. The first-order chi connectivity index (χ1) is 7.88. The van der Waals surface area contributed by atoms with E-state index in [0.717, 1.165) is 17.4 Å². The Morgan fingerprint density at radius 3 is 2.71 bits per heavy atom. The maximum Gasteiger partial charge on any atom is 0.165 e. The van der Waals surface area contributed by atoms with Crippen LogP contribution in [-0.2, 0) is 0 Å². The van der Waals surface area contributed by atoms with Crippen LogP contribution >= 0.6 is 15.9 Å². The summed E-state index contributed by atoms with van der Waals surface area (Å²) in [6.07, 6.45) is 0.850. The summed E-state index contributed by atoms with van der Waals surface area (Å²) in [7, 11) is 0. The smallest absolute Gasteiger partial charge is 0.165 e. The molecular formula is C13H19BrFNO. The molecule has 2 nitrogen and oxygen atoms in total. The minimum Gasteiger partial charge on any atom is -0.490 e. The molecule has 0 amide bonds. The first-order valence-corrected chi connectivity index (χ1v) is 6.51. The van der Waals surface area contributed by atoms with Gasteiger partial charge in [-0.15, -0.1) is 0 Å². The summed E-state index contributed by atoms with van der Waals surface area (Å²) in [6, 6.07) is 4.70. The molecule has 0 unspecified atom stereocenters. The van der Waals surface area contributed by atoms with E-state index in [4.69, 9.17) is 4.74 Å². The Balaban J connectivity index is 2.29. The number of hydrogen-bond acceptors (Lipinski definition) is 2. The zero-order valence-corrected chi connectivity index (χ0v) is 12.1. The lowest BCUT2D eigenvalue weighted by Crippen LogP contribution is -2.36. The molecule has 1 rings (SSSR count). The van der Waals surface area contributed by atoms with E-state index in [1.807, 2.05) is 0 Å². The molecule has 0 aliphatic rings. The second kappa shape index (κ2) is 6.36. The Hall–Kier alpha value is -0.610. The van der Waals surface area contributed by atoms with Crippen LogP contribution in [0.1, 0.15) is 27.2 Å². The molecule has 1 aromatic carbocycles. The van der Waals surface area contributed by atoms with E-state index in [9.17, 15) is 4.39 Å². The van der Waals surface area contributed by atoms with Gasteiger partial charge in [-0.3, -0.25) is 0 Å². The van der Waals surface area contributed by atoms with Gasteiger partial charge in [-0.2, -0.15) is 0 Å². The lowest BCUT2D eigenvalue weighted by Gasteiger charge is -2.20. The third kappa shape index (κ3) is 6.03.